The maximum atomic E-state index is 12.3. The van der Waals surface area contributed by atoms with Crippen LogP contribution in [0.25, 0.3) is 0 Å². The fraction of sp³-hybridized carbons (Fsp3) is 0.421. The Balaban J connectivity index is 1.60. The summed E-state index contributed by atoms with van der Waals surface area (Å²) in [6.45, 7) is 3.11. The molecule has 0 saturated carbocycles. The van der Waals surface area contributed by atoms with Crippen molar-refractivity contribution < 1.29 is 9.53 Å². The standard InChI is InChI=1S/C19H19ClN4O2S/c20-12-3-1-11(2-4-12)13-5-6-14-16(22-23-18(14)25)17-15(13)21-19(27-17)24-7-9-26-10-8-24/h1-4,13-14H,5-10H2,(H,23,25). The lowest BCUT2D eigenvalue weighted by atomic mass is 9.91. The van der Waals surface area contributed by atoms with E-state index in [1.165, 1.54) is 5.56 Å². The van der Waals surface area contributed by atoms with Gasteiger partial charge in [-0.25, -0.2) is 10.4 Å². The van der Waals surface area contributed by atoms with Crippen molar-refractivity contribution in [3.63, 3.8) is 0 Å². The topological polar surface area (TPSA) is 66.8 Å². The fourth-order valence-electron chi connectivity index (χ4n) is 3.99. The minimum absolute atomic E-state index is 0.00553. The van der Waals surface area contributed by atoms with E-state index in [0.29, 0.717) is 13.2 Å². The minimum Gasteiger partial charge on any atom is -0.378 e. The van der Waals surface area contributed by atoms with E-state index in [1.807, 2.05) is 12.1 Å². The van der Waals surface area contributed by atoms with Crippen molar-refractivity contribution in [3.05, 3.63) is 45.4 Å². The van der Waals surface area contributed by atoms with E-state index in [0.717, 1.165) is 52.4 Å². The van der Waals surface area contributed by atoms with Crippen LogP contribution in [-0.4, -0.2) is 42.9 Å². The van der Waals surface area contributed by atoms with Crippen molar-refractivity contribution in [1.82, 2.24) is 10.4 Å². The number of nitrogens with one attached hydrogen (secondary N) is 1. The van der Waals surface area contributed by atoms with Gasteiger partial charge in [0.25, 0.3) is 0 Å². The molecule has 1 saturated heterocycles. The highest BCUT2D eigenvalue weighted by Gasteiger charge is 2.39. The summed E-state index contributed by atoms with van der Waals surface area (Å²) in [6.07, 6.45) is 1.63. The number of carbonyl (C=O) groups excluding carboxylic acids is 1. The molecule has 1 aliphatic carbocycles. The Kier molecular flexibility index (Phi) is 4.38. The van der Waals surface area contributed by atoms with Gasteiger partial charge in [0.1, 0.15) is 0 Å². The van der Waals surface area contributed by atoms with E-state index in [2.05, 4.69) is 27.6 Å². The Morgan fingerprint density at radius 3 is 2.67 bits per heavy atom. The lowest BCUT2D eigenvalue weighted by molar-refractivity contribution is -0.122. The van der Waals surface area contributed by atoms with Crippen molar-refractivity contribution in [3.8, 4) is 0 Å². The fourth-order valence-corrected chi connectivity index (χ4v) is 5.34. The van der Waals surface area contributed by atoms with Gasteiger partial charge in [0, 0.05) is 24.0 Å². The quantitative estimate of drug-likeness (QED) is 0.838. The maximum Gasteiger partial charge on any atom is 0.249 e. The summed E-state index contributed by atoms with van der Waals surface area (Å²) in [6, 6.07) is 7.96. The van der Waals surface area contributed by atoms with E-state index < -0.39 is 0 Å². The molecule has 0 spiro atoms. The van der Waals surface area contributed by atoms with Crippen LogP contribution in [0.3, 0.4) is 0 Å². The van der Waals surface area contributed by atoms with Crippen LogP contribution in [0.4, 0.5) is 5.13 Å². The average molecular weight is 403 g/mol. The highest BCUT2D eigenvalue weighted by Crippen LogP contribution is 2.43. The summed E-state index contributed by atoms with van der Waals surface area (Å²) in [7, 11) is 0. The molecular weight excluding hydrogens is 384 g/mol. The van der Waals surface area contributed by atoms with E-state index >= 15 is 0 Å². The molecule has 2 aromatic rings. The molecule has 1 fully saturated rings. The van der Waals surface area contributed by atoms with Gasteiger partial charge in [-0.2, -0.15) is 5.10 Å². The van der Waals surface area contributed by atoms with Crippen molar-refractivity contribution in [2.75, 3.05) is 31.2 Å². The smallest absolute Gasteiger partial charge is 0.249 e. The van der Waals surface area contributed by atoms with E-state index in [9.17, 15) is 4.79 Å². The monoisotopic (exact) mass is 402 g/mol. The Labute approximate surface area is 166 Å². The molecule has 2 unspecified atom stereocenters. The first-order chi connectivity index (χ1) is 13.2. The molecule has 3 heterocycles. The molecule has 0 radical (unpaired) electrons. The summed E-state index contributed by atoms with van der Waals surface area (Å²) in [5, 5.41) is 6.08. The molecule has 6 nitrogen and oxygen atoms in total. The number of thiazole rings is 1. The molecule has 1 aromatic heterocycles. The van der Waals surface area contributed by atoms with E-state index in [-0.39, 0.29) is 17.7 Å². The van der Waals surface area contributed by atoms with Gasteiger partial charge in [0.05, 0.1) is 35.4 Å². The van der Waals surface area contributed by atoms with Crippen LogP contribution in [0.1, 0.15) is 34.9 Å². The van der Waals surface area contributed by atoms with Crippen molar-refractivity contribution in [2.45, 2.75) is 18.8 Å². The number of hydrogen-bond donors (Lipinski definition) is 1. The third kappa shape index (κ3) is 3.03. The third-order valence-electron chi connectivity index (χ3n) is 5.44. The number of hydrazone groups is 1. The molecule has 1 N–H and O–H groups in total. The summed E-state index contributed by atoms with van der Waals surface area (Å²) in [5.74, 6) is -0.0440. The molecule has 1 amide bonds. The van der Waals surface area contributed by atoms with Crippen LogP contribution in [0, 0.1) is 5.92 Å². The average Bonchev–Trinajstić information content (AvgIpc) is 3.25. The number of fused-ring (bicyclic) bond motifs is 3. The number of amides is 1. The molecule has 2 aliphatic heterocycles. The predicted molar refractivity (Wildman–Crippen MR) is 106 cm³/mol. The zero-order valence-electron chi connectivity index (χ0n) is 14.7. The summed E-state index contributed by atoms with van der Waals surface area (Å²) in [4.78, 5) is 20.6. The van der Waals surface area contributed by atoms with Gasteiger partial charge in [-0.05, 0) is 30.5 Å². The van der Waals surface area contributed by atoms with Crippen LogP contribution in [0.15, 0.2) is 29.4 Å². The lowest BCUT2D eigenvalue weighted by Gasteiger charge is -2.26. The van der Waals surface area contributed by atoms with Gasteiger partial charge < -0.3 is 9.64 Å². The summed E-state index contributed by atoms with van der Waals surface area (Å²) < 4.78 is 5.47. The first-order valence-corrected chi connectivity index (χ1v) is 10.4. The second-order valence-electron chi connectivity index (χ2n) is 7.02. The van der Waals surface area contributed by atoms with Gasteiger partial charge in [-0.1, -0.05) is 35.1 Å². The minimum atomic E-state index is -0.181. The molecule has 0 bridgehead atoms. The number of rotatable bonds is 2. The number of morpholine rings is 1. The third-order valence-corrected chi connectivity index (χ3v) is 6.84. The number of anilines is 1. The number of ether oxygens (including phenoxy) is 1. The van der Waals surface area contributed by atoms with Gasteiger partial charge in [0.2, 0.25) is 5.91 Å². The van der Waals surface area contributed by atoms with Crippen LogP contribution >= 0.6 is 22.9 Å². The van der Waals surface area contributed by atoms with Gasteiger partial charge >= 0.3 is 0 Å². The van der Waals surface area contributed by atoms with Crippen LogP contribution in [0.5, 0.6) is 0 Å². The Hall–Kier alpha value is -1.96. The number of hydrogen-bond acceptors (Lipinski definition) is 6. The SMILES string of the molecule is O=C1NN=C2c3sc(N4CCOCC4)nc3C(c3ccc(Cl)cc3)CCC12. The predicted octanol–water partition coefficient (Wildman–Crippen LogP) is 3.01. The largest absolute Gasteiger partial charge is 0.378 e. The Bertz CT molecular complexity index is 905. The van der Waals surface area contributed by atoms with E-state index in [4.69, 9.17) is 21.3 Å². The zero-order chi connectivity index (χ0) is 18.4. The Morgan fingerprint density at radius 2 is 1.89 bits per heavy atom. The van der Waals surface area contributed by atoms with Crippen molar-refractivity contribution in [1.29, 1.82) is 0 Å². The van der Waals surface area contributed by atoms with Gasteiger partial charge in [0.15, 0.2) is 5.13 Å². The lowest BCUT2D eigenvalue weighted by Crippen LogP contribution is -2.36. The molecule has 1 aromatic carbocycles. The number of nitrogens with zero attached hydrogens (tertiary/aromatic N) is 3. The van der Waals surface area contributed by atoms with Crippen molar-refractivity contribution >= 4 is 39.7 Å². The first kappa shape index (κ1) is 17.2. The highest BCUT2D eigenvalue weighted by atomic mass is 35.5. The van der Waals surface area contributed by atoms with Crippen molar-refractivity contribution in [2.24, 2.45) is 11.0 Å². The number of benzene rings is 1. The number of halogens is 1. The normalized spacial score (nSPS) is 24.7. The molecule has 27 heavy (non-hydrogen) atoms. The maximum absolute atomic E-state index is 12.3. The molecule has 5 rings (SSSR count). The highest BCUT2D eigenvalue weighted by molar-refractivity contribution is 7.17. The molecule has 3 aliphatic rings. The zero-order valence-corrected chi connectivity index (χ0v) is 16.2. The molecular formula is C19H19ClN4O2S. The van der Waals surface area contributed by atoms with E-state index in [1.54, 1.807) is 11.3 Å². The van der Waals surface area contributed by atoms with Gasteiger partial charge in [-0.15, -0.1) is 0 Å². The summed E-state index contributed by atoms with van der Waals surface area (Å²) >= 11 is 7.73. The van der Waals surface area contributed by atoms with Gasteiger partial charge in [-0.3, -0.25) is 4.79 Å². The molecule has 8 heteroatoms. The summed E-state index contributed by atoms with van der Waals surface area (Å²) in [5.41, 5.74) is 5.72. The second kappa shape index (κ2) is 6.89. The van der Waals surface area contributed by atoms with Crippen LogP contribution in [-0.2, 0) is 9.53 Å². The Morgan fingerprint density at radius 1 is 1.15 bits per heavy atom. The van der Waals surface area contributed by atoms with Crippen LogP contribution in [0.2, 0.25) is 5.02 Å². The first-order valence-electron chi connectivity index (χ1n) is 9.17. The molecule has 140 valence electrons. The van der Waals surface area contributed by atoms with Crippen LogP contribution < -0.4 is 10.3 Å². The molecule has 2 atom stereocenters. The second-order valence-corrected chi connectivity index (χ2v) is 8.43. The number of carbonyl (C=O) groups is 1. The number of aromatic nitrogens is 1.